The number of amides is 2. The van der Waals surface area contributed by atoms with E-state index in [1.54, 1.807) is 0 Å². The number of carbonyl (C=O) groups is 3. The van der Waals surface area contributed by atoms with Gasteiger partial charge in [0.1, 0.15) is 12.1 Å². The Bertz CT molecular complexity index is 1030. The van der Waals surface area contributed by atoms with Crippen LogP contribution in [0, 0.1) is 0 Å². The van der Waals surface area contributed by atoms with Gasteiger partial charge in [-0.15, -0.1) is 0 Å². The van der Waals surface area contributed by atoms with Crippen molar-refractivity contribution in [3.8, 4) is 11.1 Å². The van der Waals surface area contributed by atoms with E-state index in [2.05, 4.69) is 34.9 Å². The summed E-state index contributed by atoms with van der Waals surface area (Å²) in [6.45, 7) is 0.581. The molecule has 1 atom stereocenters. The van der Waals surface area contributed by atoms with Crippen LogP contribution in [0.15, 0.2) is 48.5 Å². The minimum absolute atomic E-state index is 0.00277. The van der Waals surface area contributed by atoms with E-state index < -0.39 is 23.6 Å². The lowest BCUT2D eigenvalue weighted by Gasteiger charge is -2.28. The molecule has 0 heterocycles. The van der Waals surface area contributed by atoms with Crippen molar-refractivity contribution in [2.75, 3.05) is 20.3 Å². The first kappa shape index (κ1) is 24.7. The number of nitrogens with one attached hydrogen (secondary N) is 2. The predicted octanol–water partition coefficient (Wildman–Crippen LogP) is 3.23. The first-order valence-electron chi connectivity index (χ1n) is 12.2. The number of fused-ring (bicyclic) bond motifs is 3. The molecule has 2 aromatic rings. The molecule has 0 bridgehead atoms. The lowest BCUT2D eigenvalue weighted by molar-refractivity contribution is -0.151. The number of nitrogens with two attached hydrogens (primary N) is 1. The third kappa shape index (κ3) is 5.32. The molecule has 8 nitrogen and oxygen atoms in total. The average Bonchev–Trinajstić information content (AvgIpc) is 3.48. The minimum atomic E-state index is -0.969. The minimum Gasteiger partial charge on any atom is -0.467 e. The number of rotatable bonds is 9. The predicted molar refractivity (Wildman–Crippen MR) is 132 cm³/mol. The molecule has 2 aliphatic carbocycles. The van der Waals surface area contributed by atoms with Crippen LogP contribution < -0.4 is 16.4 Å². The molecule has 1 fully saturated rings. The monoisotopic (exact) mass is 479 g/mol. The Morgan fingerprint density at radius 1 is 1.03 bits per heavy atom. The third-order valence-corrected chi connectivity index (χ3v) is 7.04. The number of ether oxygens (including phenoxy) is 2. The van der Waals surface area contributed by atoms with Crippen molar-refractivity contribution >= 4 is 18.0 Å². The number of esters is 1. The van der Waals surface area contributed by atoms with Gasteiger partial charge < -0.3 is 25.8 Å². The summed E-state index contributed by atoms with van der Waals surface area (Å²) >= 11 is 0. The highest BCUT2D eigenvalue weighted by atomic mass is 16.5. The van der Waals surface area contributed by atoms with Crippen LogP contribution in [0.3, 0.4) is 0 Å². The zero-order valence-electron chi connectivity index (χ0n) is 20.0. The fourth-order valence-electron chi connectivity index (χ4n) is 5.18. The Balaban J connectivity index is 1.20. The summed E-state index contributed by atoms with van der Waals surface area (Å²) in [4.78, 5) is 37.0. The van der Waals surface area contributed by atoms with Gasteiger partial charge in [0.25, 0.3) is 0 Å². The van der Waals surface area contributed by atoms with Crippen LogP contribution in [0.1, 0.15) is 55.6 Å². The molecule has 35 heavy (non-hydrogen) atoms. The molecule has 0 spiro atoms. The number of benzene rings is 2. The number of hydrogen-bond acceptors (Lipinski definition) is 6. The maximum atomic E-state index is 12.5. The molecule has 186 valence electrons. The van der Waals surface area contributed by atoms with Crippen LogP contribution in [0.5, 0.6) is 0 Å². The molecule has 0 radical (unpaired) electrons. The Morgan fingerprint density at radius 3 is 2.23 bits per heavy atom. The quantitative estimate of drug-likeness (QED) is 0.375. The van der Waals surface area contributed by atoms with Gasteiger partial charge in [0.2, 0.25) is 5.91 Å². The summed E-state index contributed by atoms with van der Waals surface area (Å²) < 4.78 is 10.4. The highest BCUT2D eigenvalue weighted by Gasteiger charge is 2.44. The molecular formula is C27H33N3O5. The van der Waals surface area contributed by atoms with Gasteiger partial charge in [-0.05, 0) is 47.9 Å². The Hall–Kier alpha value is -3.39. The molecule has 0 aromatic heterocycles. The van der Waals surface area contributed by atoms with Crippen molar-refractivity contribution in [2.24, 2.45) is 5.73 Å². The van der Waals surface area contributed by atoms with Crippen LogP contribution >= 0.6 is 0 Å². The molecule has 2 aliphatic rings. The first-order chi connectivity index (χ1) is 16.9. The Morgan fingerprint density at radius 2 is 1.63 bits per heavy atom. The van der Waals surface area contributed by atoms with Crippen molar-refractivity contribution in [3.05, 3.63) is 59.7 Å². The fourth-order valence-corrected chi connectivity index (χ4v) is 5.18. The van der Waals surface area contributed by atoms with E-state index in [0.717, 1.165) is 24.0 Å². The van der Waals surface area contributed by atoms with E-state index in [4.69, 9.17) is 15.2 Å². The summed E-state index contributed by atoms with van der Waals surface area (Å²) in [5.74, 6) is -0.797. The van der Waals surface area contributed by atoms with Gasteiger partial charge >= 0.3 is 12.1 Å². The molecule has 2 aromatic carbocycles. The van der Waals surface area contributed by atoms with E-state index in [9.17, 15) is 14.4 Å². The molecule has 1 saturated carbocycles. The van der Waals surface area contributed by atoms with Crippen LogP contribution in [0.4, 0.5) is 4.79 Å². The largest absolute Gasteiger partial charge is 0.467 e. The van der Waals surface area contributed by atoms with E-state index in [1.807, 2.05) is 24.3 Å². The normalized spacial score (nSPS) is 16.6. The second kappa shape index (κ2) is 10.9. The Labute approximate surface area is 205 Å². The second-order valence-corrected chi connectivity index (χ2v) is 9.27. The van der Waals surface area contributed by atoms with E-state index >= 15 is 0 Å². The van der Waals surface area contributed by atoms with Crippen molar-refractivity contribution in [1.82, 2.24) is 10.6 Å². The second-order valence-electron chi connectivity index (χ2n) is 9.27. The third-order valence-electron chi connectivity index (χ3n) is 7.04. The summed E-state index contributed by atoms with van der Waals surface area (Å²) in [6, 6.07) is 15.6. The number of hydrogen-bond donors (Lipinski definition) is 3. The van der Waals surface area contributed by atoms with Gasteiger partial charge in [-0.2, -0.15) is 0 Å². The standard InChI is InChI=1S/C27H33N3O5/c1-34-25(32)27(14-6-7-15-27)30-24(31)23(28)13-8-16-29-26(33)35-17-22-20-11-4-2-9-18(20)19-10-3-5-12-21(19)22/h2-5,9-12,22-23H,6-8,13-17,28H2,1H3,(H,29,33)(H,30,31). The van der Waals surface area contributed by atoms with Gasteiger partial charge in [0.15, 0.2) is 0 Å². The number of methoxy groups -OCH3 is 1. The van der Waals surface area contributed by atoms with Gasteiger partial charge in [0.05, 0.1) is 13.2 Å². The van der Waals surface area contributed by atoms with Crippen molar-refractivity contribution < 1.29 is 23.9 Å². The molecule has 8 heteroatoms. The lowest BCUT2D eigenvalue weighted by Crippen LogP contribution is -2.57. The molecule has 0 saturated heterocycles. The summed E-state index contributed by atoms with van der Waals surface area (Å²) in [7, 11) is 1.32. The van der Waals surface area contributed by atoms with Crippen LogP contribution in [0.2, 0.25) is 0 Å². The fraction of sp³-hybridized carbons (Fsp3) is 0.444. The van der Waals surface area contributed by atoms with Crippen molar-refractivity contribution in [3.63, 3.8) is 0 Å². The van der Waals surface area contributed by atoms with Gasteiger partial charge in [-0.25, -0.2) is 9.59 Å². The summed E-state index contributed by atoms with van der Waals surface area (Å²) in [6.07, 6.45) is 3.20. The van der Waals surface area contributed by atoms with Crippen molar-refractivity contribution in [2.45, 2.75) is 56.0 Å². The zero-order valence-corrected chi connectivity index (χ0v) is 20.0. The van der Waals surface area contributed by atoms with Gasteiger partial charge in [0, 0.05) is 12.5 Å². The average molecular weight is 480 g/mol. The maximum absolute atomic E-state index is 12.5. The lowest BCUT2D eigenvalue weighted by atomic mass is 9.96. The maximum Gasteiger partial charge on any atom is 0.407 e. The van der Waals surface area contributed by atoms with Gasteiger partial charge in [-0.3, -0.25) is 4.79 Å². The topological polar surface area (TPSA) is 120 Å². The molecule has 1 unspecified atom stereocenters. The highest BCUT2D eigenvalue weighted by molar-refractivity contribution is 5.90. The number of carbonyl (C=O) groups excluding carboxylic acids is 3. The van der Waals surface area contributed by atoms with Crippen LogP contribution in [-0.4, -0.2) is 49.8 Å². The highest BCUT2D eigenvalue weighted by Crippen LogP contribution is 2.44. The van der Waals surface area contributed by atoms with E-state index in [0.29, 0.717) is 32.2 Å². The number of alkyl carbamates (subject to hydrolysis) is 1. The SMILES string of the molecule is COC(=O)C1(NC(=O)C(N)CCCNC(=O)OCC2c3ccccc3-c3ccccc32)CCCC1. The molecular weight excluding hydrogens is 446 g/mol. The zero-order chi connectivity index (χ0) is 24.8. The molecule has 4 rings (SSSR count). The smallest absolute Gasteiger partial charge is 0.407 e. The first-order valence-corrected chi connectivity index (χ1v) is 12.2. The van der Waals surface area contributed by atoms with Crippen molar-refractivity contribution in [1.29, 1.82) is 0 Å². The van der Waals surface area contributed by atoms with Crippen LogP contribution in [0.25, 0.3) is 11.1 Å². The molecule has 0 aliphatic heterocycles. The summed E-state index contributed by atoms with van der Waals surface area (Å²) in [5, 5.41) is 5.54. The molecule has 2 amide bonds. The molecule has 4 N–H and O–H groups in total. The van der Waals surface area contributed by atoms with Crippen LogP contribution in [-0.2, 0) is 19.1 Å². The summed E-state index contributed by atoms with van der Waals surface area (Å²) in [5.41, 5.74) is 9.74. The van der Waals surface area contributed by atoms with E-state index in [-0.39, 0.29) is 18.4 Å². The van der Waals surface area contributed by atoms with E-state index in [1.165, 1.54) is 18.2 Å². The Kier molecular flexibility index (Phi) is 7.70. The van der Waals surface area contributed by atoms with Gasteiger partial charge in [-0.1, -0.05) is 61.4 Å².